The van der Waals surface area contributed by atoms with E-state index in [0.29, 0.717) is 25.2 Å². The Morgan fingerprint density at radius 1 is 1.12 bits per heavy atom. The molecule has 1 aliphatic heterocycles. The number of piperidine rings is 1. The van der Waals surface area contributed by atoms with Crippen LogP contribution < -0.4 is 5.32 Å². The van der Waals surface area contributed by atoms with Crippen molar-refractivity contribution in [2.45, 2.75) is 44.2 Å². The molecule has 1 heterocycles. The number of carbonyl (C=O) groups excluding carboxylic acids is 2. The van der Waals surface area contributed by atoms with Gasteiger partial charge in [0, 0.05) is 25.2 Å². The molecule has 17 heavy (non-hydrogen) atoms. The van der Waals surface area contributed by atoms with Crippen LogP contribution in [0, 0.1) is 0 Å². The summed E-state index contributed by atoms with van der Waals surface area (Å²) >= 11 is 0. The average molecular weight is 240 g/mol. The third-order valence-corrected chi connectivity index (χ3v) is 3.72. The van der Waals surface area contributed by atoms with Crippen LogP contribution in [0.1, 0.15) is 32.1 Å². The van der Waals surface area contributed by atoms with Gasteiger partial charge in [-0.2, -0.15) is 0 Å². The molecule has 1 N–H and O–H groups in total. The molecule has 0 aromatic heterocycles. The summed E-state index contributed by atoms with van der Waals surface area (Å²) in [6.45, 7) is 1.30. The molecule has 0 unspecified atom stereocenters. The second-order valence-corrected chi connectivity index (χ2v) is 4.85. The standard InChI is InChI=1S/C12H20N2O3/c1-17-12(16)11(15)14-7-5-10(6-8-14)13-9-3-2-4-9/h9-10,13H,2-8H2,1H3. The lowest BCUT2D eigenvalue weighted by Gasteiger charge is -2.36. The van der Waals surface area contributed by atoms with Crippen molar-refractivity contribution >= 4 is 11.9 Å². The van der Waals surface area contributed by atoms with E-state index in [1.807, 2.05) is 0 Å². The minimum atomic E-state index is -0.754. The van der Waals surface area contributed by atoms with Gasteiger partial charge < -0.3 is 15.0 Å². The van der Waals surface area contributed by atoms with Crippen LogP contribution in [0.3, 0.4) is 0 Å². The molecule has 0 atom stereocenters. The van der Waals surface area contributed by atoms with E-state index in [1.165, 1.54) is 26.4 Å². The summed E-state index contributed by atoms with van der Waals surface area (Å²) in [6, 6.07) is 1.19. The van der Waals surface area contributed by atoms with Crippen LogP contribution in [-0.4, -0.2) is 49.1 Å². The van der Waals surface area contributed by atoms with Gasteiger partial charge in [-0.15, -0.1) is 0 Å². The molecule has 1 aliphatic carbocycles. The van der Waals surface area contributed by atoms with E-state index in [-0.39, 0.29) is 0 Å². The molecule has 96 valence electrons. The average Bonchev–Trinajstić information content (AvgIpc) is 2.32. The van der Waals surface area contributed by atoms with Crippen LogP contribution in [-0.2, 0) is 14.3 Å². The molecule has 0 radical (unpaired) electrons. The maximum Gasteiger partial charge on any atom is 0.396 e. The molecule has 0 aromatic rings. The van der Waals surface area contributed by atoms with Gasteiger partial charge in [0.15, 0.2) is 0 Å². The molecule has 1 amide bonds. The largest absolute Gasteiger partial charge is 0.462 e. The first-order valence-corrected chi connectivity index (χ1v) is 6.34. The molecule has 0 aromatic carbocycles. The van der Waals surface area contributed by atoms with Crippen molar-refractivity contribution in [2.75, 3.05) is 20.2 Å². The van der Waals surface area contributed by atoms with Crippen molar-refractivity contribution in [3.05, 3.63) is 0 Å². The monoisotopic (exact) mass is 240 g/mol. The Kier molecular flexibility index (Phi) is 3.99. The van der Waals surface area contributed by atoms with Gasteiger partial charge in [-0.05, 0) is 25.7 Å². The quantitative estimate of drug-likeness (QED) is 0.557. The second kappa shape index (κ2) is 5.49. The Labute approximate surface area is 101 Å². The summed E-state index contributed by atoms with van der Waals surface area (Å²) in [5.41, 5.74) is 0. The highest BCUT2D eigenvalue weighted by Crippen LogP contribution is 2.21. The fourth-order valence-electron chi connectivity index (χ4n) is 2.37. The Morgan fingerprint density at radius 3 is 2.18 bits per heavy atom. The summed E-state index contributed by atoms with van der Waals surface area (Å²) in [5, 5.41) is 3.60. The zero-order valence-corrected chi connectivity index (χ0v) is 10.3. The van der Waals surface area contributed by atoms with Gasteiger partial charge in [-0.25, -0.2) is 4.79 Å². The van der Waals surface area contributed by atoms with Gasteiger partial charge in [0.1, 0.15) is 0 Å². The number of hydrogen-bond acceptors (Lipinski definition) is 4. The summed E-state index contributed by atoms with van der Waals surface area (Å²) < 4.78 is 4.44. The second-order valence-electron chi connectivity index (χ2n) is 4.85. The van der Waals surface area contributed by atoms with Crippen LogP contribution in [0.15, 0.2) is 0 Å². The Balaban J connectivity index is 1.73. The number of hydrogen-bond donors (Lipinski definition) is 1. The van der Waals surface area contributed by atoms with E-state index in [2.05, 4.69) is 10.1 Å². The highest BCUT2D eigenvalue weighted by molar-refractivity contribution is 6.32. The summed E-state index contributed by atoms with van der Waals surface area (Å²) in [6.07, 6.45) is 5.75. The van der Waals surface area contributed by atoms with Gasteiger partial charge in [0.25, 0.3) is 0 Å². The van der Waals surface area contributed by atoms with Crippen LogP contribution in [0.25, 0.3) is 0 Å². The first kappa shape index (κ1) is 12.4. The topological polar surface area (TPSA) is 58.6 Å². The molecule has 2 rings (SSSR count). The Bertz CT molecular complexity index is 294. The van der Waals surface area contributed by atoms with Gasteiger partial charge in [-0.1, -0.05) is 6.42 Å². The predicted molar refractivity (Wildman–Crippen MR) is 62.4 cm³/mol. The number of esters is 1. The first-order chi connectivity index (χ1) is 8.20. The van der Waals surface area contributed by atoms with Crippen LogP contribution in [0.4, 0.5) is 0 Å². The van der Waals surface area contributed by atoms with Gasteiger partial charge in [0.05, 0.1) is 7.11 Å². The Hall–Kier alpha value is -1.10. The smallest absolute Gasteiger partial charge is 0.396 e. The minimum absolute atomic E-state index is 0.502. The fourth-order valence-corrected chi connectivity index (χ4v) is 2.37. The molecule has 5 nitrogen and oxygen atoms in total. The van der Waals surface area contributed by atoms with Crippen molar-refractivity contribution in [3.8, 4) is 0 Å². The minimum Gasteiger partial charge on any atom is -0.462 e. The molecule has 1 saturated carbocycles. The first-order valence-electron chi connectivity index (χ1n) is 6.34. The molecule has 0 bridgehead atoms. The van der Waals surface area contributed by atoms with Crippen molar-refractivity contribution in [3.63, 3.8) is 0 Å². The van der Waals surface area contributed by atoms with Gasteiger partial charge >= 0.3 is 11.9 Å². The summed E-state index contributed by atoms with van der Waals surface area (Å²) in [4.78, 5) is 24.2. The number of nitrogens with one attached hydrogen (secondary N) is 1. The molecular formula is C12H20N2O3. The van der Waals surface area contributed by atoms with Crippen LogP contribution >= 0.6 is 0 Å². The SMILES string of the molecule is COC(=O)C(=O)N1CCC(NC2CCC2)CC1. The van der Waals surface area contributed by atoms with E-state index in [1.54, 1.807) is 4.90 Å². The van der Waals surface area contributed by atoms with E-state index >= 15 is 0 Å². The molecular weight excluding hydrogens is 220 g/mol. The highest BCUT2D eigenvalue weighted by Gasteiger charge is 2.29. The number of rotatable bonds is 2. The zero-order valence-electron chi connectivity index (χ0n) is 10.3. The number of ether oxygens (including phenoxy) is 1. The van der Waals surface area contributed by atoms with E-state index in [0.717, 1.165) is 12.8 Å². The lowest BCUT2D eigenvalue weighted by Crippen LogP contribution is -2.50. The molecule has 5 heteroatoms. The van der Waals surface area contributed by atoms with Crippen molar-refractivity contribution in [2.24, 2.45) is 0 Å². The van der Waals surface area contributed by atoms with Crippen molar-refractivity contribution in [1.29, 1.82) is 0 Å². The maximum absolute atomic E-state index is 11.6. The normalized spacial score (nSPS) is 22.1. The van der Waals surface area contributed by atoms with Gasteiger partial charge in [-0.3, -0.25) is 4.79 Å². The number of methoxy groups -OCH3 is 1. The van der Waals surface area contributed by atoms with Crippen LogP contribution in [0.2, 0.25) is 0 Å². The number of likely N-dealkylation sites (tertiary alicyclic amines) is 1. The third kappa shape index (κ3) is 2.97. The highest BCUT2D eigenvalue weighted by atomic mass is 16.5. The molecule has 2 fully saturated rings. The number of carbonyl (C=O) groups is 2. The maximum atomic E-state index is 11.6. The van der Waals surface area contributed by atoms with E-state index in [4.69, 9.17) is 0 Å². The fraction of sp³-hybridized carbons (Fsp3) is 0.833. The summed E-state index contributed by atoms with van der Waals surface area (Å²) in [7, 11) is 1.24. The molecule has 2 aliphatic rings. The molecule has 0 spiro atoms. The summed E-state index contributed by atoms with van der Waals surface area (Å²) in [5.74, 6) is -1.26. The molecule has 1 saturated heterocycles. The third-order valence-electron chi connectivity index (χ3n) is 3.72. The van der Waals surface area contributed by atoms with Crippen molar-refractivity contribution in [1.82, 2.24) is 10.2 Å². The number of amides is 1. The number of nitrogens with zero attached hydrogens (tertiary/aromatic N) is 1. The van der Waals surface area contributed by atoms with Gasteiger partial charge in [0.2, 0.25) is 0 Å². The zero-order chi connectivity index (χ0) is 12.3. The van der Waals surface area contributed by atoms with Crippen molar-refractivity contribution < 1.29 is 14.3 Å². The van der Waals surface area contributed by atoms with Crippen LogP contribution in [0.5, 0.6) is 0 Å². The predicted octanol–water partition coefficient (Wildman–Crippen LogP) is 0.293. The van der Waals surface area contributed by atoms with E-state index in [9.17, 15) is 9.59 Å². The van der Waals surface area contributed by atoms with E-state index < -0.39 is 11.9 Å². The lowest BCUT2D eigenvalue weighted by atomic mass is 9.91. The Morgan fingerprint density at radius 2 is 1.71 bits per heavy atom. The lowest BCUT2D eigenvalue weighted by molar-refractivity contribution is -0.158.